The number of ether oxygens (including phenoxy) is 2. The van der Waals surface area contributed by atoms with E-state index >= 15 is 0 Å². The number of amides is 1. The Labute approximate surface area is 230 Å². The van der Waals surface area contributed by atoms with E-state index in [1.54, 1.807) is 7.11 Å². The Kier molecular flexibility index (Phi) is 8.31. The maximum absolute atomic E-state index is 13.4. The lowest BCUT2D eigenvalue weighted by atomic mass is 9.93. The van der Waals surface area contributed by atoms with Crippen molar-refractivity contribution >= 4 is 22.6 Å². The maximum Gasteiger partial charge on any atom is 0.224 e. The number of aromatic amines is 1. The van der Waals surface area contributed by atoms with Gasteiger partial charge in [-0.05, 0) is 56.6 Å². The molecule has 2 fully saturated rings. The fourth-order valence-electron chi connectivity index (χ4n) is 5.91. The Morgan fingerprint density at radius 3 is 2.79 bits per heavy atom. The summed E-state index contributed by atoms with van der Waals surface area (Å²) in [6.07, 6.45) is 9.40. The number of aryl methyl sites for hydroxylation is 1. The molecule has 208 valence electrons. The van der Waals surface area contributed by atoms with Gasteiger partial charge in [0.15, 0.2) is 0 Å². The number of Topliss-reactive ketones (excluding diaryl/α,β-unsaturated/α-hetero) is 1. The number of carbonyl (C=O) groups excluding carboxylic acids is 2. The van der Waals surface area contributed by atoms with E-state index in [0.29, 0.717) is 18.6 Å². The van der Waals surface area contributed by atoms with Crippen LogP contribution in [-0.2, 0) is 14.3 Å². The van der Waals surface area contributed by atoms with Gasteiger partial charge in [0, 0.05) is 54.7 Å². The Morgan fingerprint density at radius 1 is 1.21 bits per heavy atom. The van der Waals surface area contributed by atoms with Crippen LogP contribution in [0.4, 0.5) is 0 Å². The standard InChI is InChI=1S/C31H40N4O4/c1-4-22(36)8-6-5-7-9-25(35-30(37)24-18-31(24)12-14-39-15-13-31)29-32-19-27(34-29)23-16-21-11-10-20(2)33-26(21)17-28(23)38-3/h10-11,16-17,19,24-25H,4-9,12-15,18H2,1-3H3,(H,32,34)(H,35,37)/t24?,25-/m0/s1. The number of hydrogen-bond acceptors (Lipinski definition) is 6. The van der Waals surface area contributed by atoms with Gasteiger partial charge in [0.05, 0.1) is 30.6 Å². The molecule has 3 heterocycles. The zero-order valence-corrected chi connectivity index (χ0v) is 23.3. The van der Waals surface area contributed by atoms with E-state index in [2.05, 4.69) is 27.4 Å². The molecular weight excluding hydrogens is 492 g/mol. The summed E-state index contributed by atoms with van der Waals surface area (Å²) < 4.78 is 11.2. The third-order valence-electron chi connectivity index (χ3n) is 8.52. The molecule has 1 aromatic carbocycles. The first-order valence-corrected chi connectivity index (χ1v) is 14.3. The molecule has 1 spiro atoms. The van der Waals surface area contributed by atoms with Crippen LogP contribution in [0.5, 0.6) is 5.75 Å². The Bertz CT molecular complexity index is 1330. The van der Waals surface area contributed by atoms with Crippen molar-refractivity contribution in [1.82, 2.24) is 20.3 Å². The molecule has 2 aliphatic rings. The largest absolute Gasteiger partial charge is 0.496 e. The van der Waals surface area contributed by atoms with Crippen molar-refractivity contribution in [1.29, 1.82) is 0 Å². The molecule has 1 aliphatic heterocycles. The normalized spacial score (nSPS) is 18.7. The highest BCUT2D eigenvalue weighted by Gasteiger charge is 2.58. The van der Waals surface area contributed by atoms with Crippen LogP contribution in [0.1, 0.15) is 82.3 Å². The van der Waals surface area contributed by atoms with Gasteiger partial charge in [-0.3, -0.25) is 14.6 Å². The number of pyridine rings is 1. The lowest BCUT2D eigenvalue weighted by molar-refractivity contribution is -0.124. The van der Waals surface area contributed by atoms with Gasteiger partial charge in [-0.15, -0.1) is 0 Å². The van der Waals surface area contributed by atoms with Gasteiger partial charge in [-0.25, -0.2) is 4.98 Å². The van der Waals surface area contributed by atoms with Crippen molar-refractivity contribution in [2.75, 3.05) is 20.3 Å². The first-order valence-electron chi connectivity index (χ1n) is 14.3. The van der Waals surface area contributed by atoms with Crippen LogP contribution in [0.3, 0.4) is 0 Å². The average molecular weight is 533 g/mol. The lowest BCUT2D eigenvalue weighted by Gasteiger charge is -2.23. The summed E-state index contributed by atoms with van der Waals surface area (Å²) in [5, 5.41) is 4.35. The molecule has 1 saturated carbocycles. The van der Waals surface area contributed by atoms with Crippen molar-refractivity contribution in [2.24, 2.45) is 11.3 Å². The number of H-pyrrole nitrogens is 1. The van der Waals surface area contributed by atoms with E-state index in [1.807, 2.05) is 32.2 Å². The summed E-state index contributed by atoms with van der Waals surface area (Å²) in [5.74, 6) is 1.94. The number of nitrogens with zero attached hydrogens (tertiary/aromatic N) is 2. The molecule has 39 heavy (non-hydrogen) atoms. The number of hydrogen-bond donors (Lipinski definition) is 2. The van der Waals surface area contributed by atoms with E-state index in [9.17, 15) is 9.59 Å². The number of imidazole rings is 1. The SMILES string of the molecule is CCC(=O)CCCCC[C@H](NC(=O)C1CC12CCOCC2)c1ncc(-c2cc3ccc(C)nc3cc2OC)[nH]1. The van der Waals surface area contributed by atoms with E-state index < -0.39 is 0 Å². The summed E-state index contributed by atoms with van der Waals surface area (Å²) in [6.45, 7) is 5.37. The number of methoxy groups -OCH3 is 1. The Morgan fingerprint density at radius 2 is 2.03 bits per heavy atom. The van der Waals surface area contributed by atoms with Crippen LogP contribution in [0.25, 0.3) is 22.2 Å². The van der Waals surface area contributed by atoms with Gasteiger partial charge >= 0.3 is 0 Å². The van der Waals surface area contributed by atoms with Crippen molar-refractivity contribution < 1.29 is 19.1 Å². The molecule has 8 heteroatoms. The van der Waals surface area contributed by atoms with Crippen LogP contribution in [-0.4, -0.2) is 47.0 Å². The molecule has 3 aromatic rings. The van der Waals surface area contributed by atoms with Crippen molar-refractivity contribution in [3.05, 3.63) is 42.0 Å². The van der Waals surface area contributed by atoms with Crippen molar-refractivity contribution in [2.45, 2.75) is 77.7 Å². The van der Waals surface area contributed by atoms with E-state index in [4.69, 9.17) is 14.5 Å². The van der Waals surface area contributed by atoms with Gasteiger partial charge < -0.3 is 19.8 Å². The number of unbranched alkanes of at least 4 members (excludes halogenated alkanes) is 2. The third-order valence-corrected chi connectivity index (χ3v) is 8.52. The number of rotatable bonds is 12. The van der Waals surface area contributed by atoms with Crippen molar-refractivity contribution in [3.8, 4) is 17.0 Å². The first-order chi connectivity index (χ1) is 18.9. The lowest BCUT2D eigenvalue weighted by Crippen LogP contribution is -2.33. The van der Waals surface area contributed by atoms with Gasteiger partial charge in [0.2, 0.25) is 5.91 Å². The number of fused-ring (bicyclic) bond motifs is 1. The predicted octanol–water partition coefficient (Wildman–Crippen LogP) is 5.85. The zero-order chi connectivity index (χ0) is 27.4. The summed E-state index contributed by atoms with van der Waals surface area (Å²) in [6, 6.07) is 7.86. The number of benzene rings is 1. The number of carbonyl (C=O) groups is 2. The molecule has 0 radical (unpaired) electrons. The number of aromatic nitrogens is 3. The number of ketones is 1. The third kappa shape index (κ3) is 6.16. The first kappa shape index (κ1) is 27.3. The molecule has 2 N–H and O–H groups in total. The maximum atomic E-state index is 13.4. The van der Waals surface area contributed by atoms with Crippen LogP contribution >= 0.6 is 0 Å². The summed E-state index contributed by atoms with van der Waals surface area (Å²) >= 11 is 0. The second-order valence-electron chi connectivity index (χ2n) is 11.2. The second kappa shape index (κ2) is 11.9. The molecule has 2 aromatic heterocycles. The second-order valence-corrected chi connectivity index (χ2v) is 11.2. The molecular formula is C31H40N4O4. The molecule has 1 amide bonds. The topological polar surface area (TPSA) is 106 Å². The van der Waals surface area contributed by atoms with Gasteiger partial charge in [0.1, 0.15) is 17.4 Å². The van der Waals surface area contributed by atoms with Gasteiger partial charge in [0.25, 0.3) is 0 Å². The van der Waals surface area contributed by atoms with Gasteiger partial charge in [-0.2, -0.15) is 0 Å². The molecule has 0 bridgehead atoms. The zero-order valence-electron chi connectivity index (χ0n) is 23.3. The molecule has 5 rings (SSSR count). The monoisotopic (exact) mass is 532 g/mol. The quantitative estimate of drug-likeness (QED) is 0.284. The highest BCUT2D eigenvalue weighted by molar-refractivity contribution is 5.87. The fraction of sp³-hybridized carbons (Fsp3) is 0.548. The van der Waals surface area contributed by atoms with Crippen LogP contribution in [0.2, 0.25) is 0 Å². The smallest absolute Gasteiger partial charge is 0.224 e. The Hall–Kier alpha value is -3.26. The van der Waals surface area contributed by atoms with E-state index in [-0.39, 0.29) is 23.3 Å². The molecule has 1 saturated heterocycles. The molecule has 2 atom stereocenters. The number of nitrogens with one attached hydrogen (secondary N) is 2. The Balaban J connectivity index is 1.34. The highest BCUT2D eigenvalue weighted by Crippen LogP contribution is 2.59. The highest BCUT2D eigenvalue weighted by atomic mass is 16.5. The molecule has 8 nitrogen and oxygen atoms in total. The minimum Gasteiger partial charge on any atom is -0.496 e. The van der Waals surface area contributed by atoms with Crippen LogP contribution < -0.4 is 10.1 Å². The van der Waals surface area contributed by atoms with Gasteiger partial charge in [-0.1, -0.05) is 25.8 Å². The average Bonchev–Trinajstić information content (AvgIpc) is 3.40. The summed E-state index contributed by atoms with van der Waals surface area (Å²) in [5.41, 5.74) is 3.70. The van der Waals surface area contributed by atoms with E-state index in [0.717, 1.165) is 97.6 Å². The molecule has 1 unspecified atom stereocenters. The minimum atomic E-state index is -0.221. The van der Waals surface area contributed by atoms with Crippen LogP contribution in [0.15, 0.2) is 30.5 Å². The van der Waals surface area contributed by atoms with Crippen LogP contribution in [0, 0.1) is 18.3 Å². The molecule has 1 aliphatic carbocycles. The fourth-order valence-corrected chi connectivity index (χ4v) is 5.91. The van der Waals surface area contributed by atoms with Crippen molar-refractivity contribution in [3.63, 3.8) is 0 Å². The predicted molar refractivity (Wildman–Crippen MR) is 150 cm³/mol. The van der Waals surface area contributed by atoms with E-state index in [1.165, 1.54) is 0 Å². The summed E-state index contributed by atoms with van der Waals surface area (Å²) in [7, 11) is 1.66. The summed E-state index contributed by atoms with van der Waals surface area (Å²) in [4.78, 5) is 37.9. The minimum absolute atomic E-state index is 0.0528.